The molecule has 0 aliphatic rings. The molecule has 2 nitrogen and oxygen atoms in total. The lowest BCUT2D eigenvalue weighted by atomic mass is 10.1. The Balaban J connectivity index is 1.81. The molecular weight excluding hydrogens is 282 g/mol. The molecule has 124 valence electrons. The smallest absolute Gasteiger partial charge is 0.119 e. The minimum absolute atomic E-state index is 0.699. The third kappa shape index (κ3) is 6.05. The summed E-state index contributed by atoms with van der Waals surface area (Å²) < 4.78 is 5.47. The quantitative estimate of drug-likeness (QED) is 0.498. The van der Waals surface area contributed by atoms with Crippen molar-refractivity contribution in [2.24, 2.45) is 0 Å². The lowest BCUT2D eigenvalue weighted by Crippen LogP contribution is -1.92. The van der Waals surface area contributed by atoms with Crippen molar-refractivity contribution < 1.29 is 4.74 Å². The van der Waals surface area contributed by atoms with Gasteiger partial charge in [-0.3, -0.25) is 4.98 Å². The molecule has 0 aliphatic heterocycles. The van der Waals surface area contributed by atoms with Crippen molar-refractivity contribution in [3.63, 3.8) is 0 Å². The average Bonchev–Trinajstić information content (AvgIpc) is 2.60. The summed E-state index contributed by atoms with van der Waals surface area (Å²) in [4.78, 5) is 4.61. The lowest BCUT2D eigenvalue weighted by Gasteiger charge is -2.06. The van der Waals surface area contributed by atoms with Gasteiger partial charge in [-0.1, -0.05) is 45.1 Å². The number of pyridine rings is 1. The minimum Gasteiger partial charge on any atom is -0.494 e. The fourth-order valence-electron chi connectivity index (χ4n) is 2.74. The highest BCUT2D eigenvalue weighted by Crippen LogP contribution is 2.21. The van der Waals surface area contributed by atoms with Crippen LogP contribution in [-0.4, -0.2) is 11.6 Å². The van der Waals surface area contributed by atoms with Gasteiger partial charge in [0.25, 0.3) is 0 Å². The molecule has 2 rings (SSSR count). The zero-order valence-electron chi connectivity index (χ0n) is 14.6. The Labute approximate surface area is 140 Å². The summed E-state index contributed by atoms with van der Waals surface area (Å²) in [5, 5.41) is 0. The largest absolute Gasteiger partial charge is 0.494 e. The number of unbranched alkanes of at least 4 members (excludes halogenated alkanes) is 5. The number of rotatable bonds is 10. The first-order valence-electron chi connectivity index (χ1n) is 9.01. The van der Waals surface area contributed by atoms with Crippen molar-refractivity contribution in [3.05, 3.63) is 48.2 Å². The van der Waals surface area contributed by atoms with Crippen molar-refractivity contribution in [3.8, 4) is 17.0 Å². The van der Waals surface area contributed by atoms with Gasteiger partial charge < -0.3 is 4.74 Å². The fraction of sp³-hybridized carbons (Fsp3) is 0.476. The van der Waals surface area contributed by atoms with E-state index in [-0.39, 0.29) is 0 Å². The molecule has 0 fully saturated rings. The van der Waals surface area contributed by atoms with Crippen LogP contribution < -0.4 is 4.74 Å². The second kappa shape index (κ2) is 10.0. The molecule has 2 heteroatoms. The number of nitrogens with zero attached hydrogens (tertiary/aromatic N) is 1. The van der Waals surface area contributed by atoms with Crippen LogP contribution in [0.25, 0.3) is 11.3 Å². The highest BCUT2D eigenvalue weighted by atomic mass is 16.5. The number of benzene rings is 1. The topological polar surface area (TPSA) is 22.1 Å². The molecule has 2 aromatic rings. The highest BCUT2D eigenvalue weighted by Gasteiger charge is 2.01. The van der Waals surface area contributed by atoms with E-state index < -0.39 is 0 Å². The predicted molar refractivity (Wildman–Crippen MR) is 97.9 cm³/mol. The van der Waals surface area contributed by atoms with Crippen LogP contribution in [-0.2, 0) is 6.42 Å². The Morgan fingerprint density at radius 3 is 2.22 bits per heavy atom. The summed E-state index contributed by atoms with van der Waals surface area (Å²) in [5.74, 6) is 0.913. The first kappa shape index (κ1) is 17.5. The molecule has 0 radical (unpaired) electrons. The van der Waals surface area contributed by atoms with Gasteiger partial charge in [-0.2, -0.15) is 0 Å². The summed E-state index contributed by atoms with van der Waals surface area (Å²) in [6.45, 7) is 4.96. The van der Waals surface area contributed by atoms with Gasteiger partial charge in [-0.25, -0.2) is 0 Å². The molecule has 0 N–H and O–H groups in total. The Hall–Kier alpha value is -1.83. The van der Waals surface area contributed by atoms with Crippen molar-refractivity contribution in [1.29, 1.82) is 0 Å². The third-order valence-electron chi connectivity index (χ3n) is 4.10. The van der Waals surface area contributed by atoms with E-state index in [1.54, 1.807) is 0 Å². The molecule has 1 heterocycles. The maximum atomic E-state index is 5.47. The second-order valence-electron chi connectivity index (χ2n) is 6.03. The van der Waals surface area contributed by atoms with E-state index in [2.05, 4.69) is 36.2 Å². The van der Waals surface area contributed by atoms with Crippen molar-refractivity contribution in [2.45, 2.75) is 58.8 Å². The zero-order valence-corrected chi connectivity index (χ0v) is 14.6. The zero-order chi connectivity index (χ0) is 16.3. The number of hydrogen-bond donors (Lipinski definition) is 0. The molecule has 23 heavy (non-hydrogen) atoms. The molecule has 1 aromatic heterocycles. The van der Waals surface area contributed by atoms with Gasteiger partial charge in [0.15, 0.2) is 0 Å². The summed E-state index contributed by atoms with van der Waals surface area (Å²) in [7, 11) is 0. The molecule has 0 bridgehead atoms. The Morgan fingerprint density at radius 1 is 0.826 bits per heavy atom. The van der Waals surface area contributed by atoms with Gasteiger partial charge in [-0.05, 0) is 55.7 Å². The molecule has 0 aliphatic carbocycles. The van der Waals surface area contributed by atoms with Crippen LogP contribution in [0, 0.1) is 0 Å². The molecule has 1 aromatic carbocycles. The van der Waals surface area contributed by atoms with Gasteiger partial charge in [0, 0.05) is 11.8 Å². The van der Waals surface area contributed by atoms with Gasteiger partial charge in [-0.15, -0.1) is 0 Å². The first-order chi connectivity index (χ1) is 11.3. The van der Waals surface area contributed by atoms with Crippen LogP contribution in [0.1, 0.15) is 57.9 Å². The molecule has 0 unspecified atom stereocenters. The fourth-order valence-corrected chi connectivity index (χ4v) is 2.74. The summed E-state index contributed by atoms with van der Waals surface area (Å²) in [6, 6.07) is 12.5. The number of aromatic nitrogens is 1. The first-order valence-corrected chi connectivity index (χ1v) is 9.01. The van der Waals surface area contributed by atoms with E-state index in [9.17, 15) is 0 Å². The van der Waals surface area contributed by atoms with Gasteiger partial charge in [0.05, 0.1) is 12.3 Å². The monoisotopic (exact) mass is 311 g/mol. The average molecular weight is 311 g/mol. The number of hydrogen-bond acceptors (Lipinski definition) is 2. The normalized spacial score (nSPS) is 10.7. The van der Waals surface area contributed by atoms with Crippen LogP contribution in [0.2, 0.25) is 0 Å². The van der Waals surface area contributed by atoms with Crippen LogP contribution in [0.3, 0.4) is 0 Å². The standard InChI is InChI=1S/C21H29NO/c1-3-5-6-7-8-9-10-18-11-16-21(22-17-18)19-12-14-20(15-13-19)23-4-2/h11-17H,3-10H2,1-2H3. The number of ether oxygens (including phenoxy) is 1. The van der Waals surface area contributed by atoms with Gasteiger partial charge in [0.2, 0.25) is 0 Å². The van der Waals surface area contributed by atoms with E-state index in [1.807, 2.05) is 25.3 Å². The van der Waals surface area contributed by atoms with E-state index in [0.29, 0.717) is 6.61 Å². The molecule has 0 atom stereocenters. The molecule has 0 saturated carbocycles. The summed E-state index contributed by atoms with van der Waals surface area (Å²) in [5.41, 5.74) is 3.51. The summed E-state index contributed by atoms with van der Waals surface area (Å²) >= 11 is 0. The van der Waals surface area contributed by atoms with Crippen molar-refractivity contribution in [1.82, 2.24) is 4.98 Å². The van der Waals surface area contributed by atoms with Crippen molar-refractivity contribution >= 4 is 0 Å². The lowest BCUT2D eigenvalue weighted by molar-refractivity contribution is 0.340. The van der Waals surface area contributed by atoms with E-state index in [4.69, 9.17) is 4.74 Å². The minimum atomic E-state index is 0.699. The Morgan fingerprint density at radius 2 is 1.57 bits per heavy atom. The van der Waals surface area contributed by atoms with E-state index in [0.717, 1.165) is 23.4 Å². The maximum Gasteiger partial charge on any atom is 0.119 e. The predicted octanol–water partition coefficient (Wildman–Crippen LogP) is 6.05. The Bertz CT molecular complexity index is 545. The van der Waals surface area contributed by atoms with Gasteiger partial charge >= 0.3 is 0 Å². The van der Waals surface area contributed by atoms with E-state index in [1.165, 1.54) is 44.1 Å². The van der Waals surface area contributed by atoms with Crippen LogP contribution >= 0.6 is 0 Å². The highest BCUT2D eigenvalue weighted by molar-refractivity contribution is 5.60. The van der Waals surface area contributed by atoms with Crippen molar-refractivity contribution in [2.75, 3.05) is 6.61 Å². The second-order valence-corrected chi connectivity index (χ2v) is 6.03. The third-order valence-corrected chi connectivity index (χ3v) is 4.10. The van der Waals surface area contributed by atoms with E-state index >= 15 is 0 Å². The van der Waals surface area contributed by atoms with Crippen LogP contribution in [0.5, 0.6) is 5.75 Å². The Kier molecular flexibility index (Phi) is 7.65. The molecular formula is C21H29NO. The molecule has 0 saturated heterocycles. The van der Waals surface area contributed by atoms with Gasteiger partial charge in [0.1, 0.15) is 5.75 Å². The molecule has 0 amide bonds. The van der Waals surface area contributed by atoms with Crippen LogP contribution in [0.4, 0.5) is 0 Å². The molecule has 0 spiro atoms. The summed E-state index contributed by atoms with van der Waals surface area (Å²) in [6.07, 6.45) is 11.2. The number of aryl methyl sites for hydroxylation is 1. The maximum absolute atomic E-state index is 5.47. The SMILES string of the molecule is CCCCCCCCc1ccc(-c2ccc(OCC)cc2)nc1. The van der Waals surface area contributed by atoms with Crippen LogP contribution in [0.15, 0.2) is 42.6 Å².